The van der Waals surface area contributed by atoms with Gasteiger partial charge in [0.15, 0.2) is 10.3 Å². The van der Waals surface area contributed by atoms with Crippen LogP contribution in [0.1, 0.15) is 22.1 Å². The van der Waals surface area contributed by atoms with Crippen molar-refractivity contribution in [3.8, 4) is 0 Å². The van der Waals surface area contributed by atoms with E-state index in [0.29, 0.717) is 21.4 Å². The molecule has 1 fully saturated rings. The second kappa shape index (κ2) is 10.6. The van der Waals surface area contributed by atoms with Crippen molar-refractivity contribution in [2.24, 2.45) is 0 Å². The first-order chi connectivity index (χ1) is 16.7. The number of thioether (sulfide) groups is 2. The summed E-state index contributed by atoms with van der Waals surface area (Å²) in [5.41, 5.74) is 1.48. The number of aliphatic carboxylic acids is 2. The van der Waals surface area contributed by atoms with Gasteiger partial charge in [-0.2, -0.15) is 0 Å². The lowest BCUT2D eigenvalue weighted by atomic mass is 9.95. The van der Waals surface area contributed by atoms with Gasteiger partial charge in [0.1, 0.15) is 22.1 Å². The quantitative estimate of drug-likeness (QED) is 0.182. The summed E-state index contributed by atoms with van der Waals surface area (Å²) in [7, 11) is 0. The van der Waals surface area contributed by atoms with Crippen molar-refractivity contribution in [2.75, 3.05) is 11.5 Å². The Morgan fingerprint density at radius 2 is 1.97 bits per heavy atom. The minimum atomic E-state index is -1.52. The van der Waals surface area contributed by atoms with E-state index in [4.69, 9.17) is 11.6 Å². The Kier molecular flexibility index (Phi) is 7.69. The van der Waals surface area contributed by atoms with Crippen molar-refractivity contribution in [3.05, 3.63) is 51.7 Å². The number of carboxylic acids is 2. The molecular formula is C21H19ClN4O6S3. The topological polar surface area (TPSA) is 150 Å². The molecule has 2 aliphatic rings. The van der Waals surface area contributed by atoms with Gasteiger partial charge in [0.2, 0.25) is 5.91 Å². The van der Waals surface area contributed by atoms with Crippen LogP contribution in [0.25, 0.3) is 0 Å². The van der Waals surface area contributed by atoms with E-state index in [9.17, 15) is 29.4 Å². The van der Waals surface area contributed by atoms with Crippen LogP contribution >= 0.6 is 46.5 Å². The van der Waals surface area contributed by atoms with Gasteiger partial charge in [-0.25, -0.2) is 4.79 Å². The maximum atomic E-state index is 12.9. The summed E-state index contributed by atoms with van der Waals surface area (Å²) in [4.78, 5) is 50.8. The SMILES string of the molecule is Cc1nnc(SCC2=C(C(=O)O)N3C(=O)C(NC(=O)C(C(=O)O)c4ccc(CCl)cc4)C3SC2)s1. The Bertz CT molecular complexity index is 1220. The molecule has 3 atom stereocenters. The number of halogens is 1. The van der Waals surface area contributed by atoms with Crippen LogP contribution in [0.2, 0.25) is 0 Å². The van der Waals surface area contributed by atoms with E-state index in [0.717, 1.165) is 15.5 Å². The van der Waals surface area contributed by atoms with Crippen LogP contribution in [-0.4, -0.2) is 72.0 Å². The number of nitrogens with zero attached hydrogens (tertiary/aromatic N) is 3. The summed E-state index contributed by atoms with van der Waals surface area (Å²) >= 11 is 9.82. The summed E-state index contributed by atoms with van der Waals surface area (Å²) in [6.45, 7) is 1.82. The molecule has 3 heterocycles. The molecule has 1 saturated heterocycles. The largest absolute Gasteiger partial charge is 0.480 e. The smallest absolute Gasteiger partial charge is 0.352 e. The molecule has 0 aliphatic carbocycles. The Hall–Kier alpha value is -2.61. The Labute approximate surface area is 217 Å². The molecule has 35 heavy (non-hydrogen) atoms. The van der Waals surface area contributed by atoms with Gasteiger partial charge in [0, 0.05) is 17.4 Å². The number of aryl methyl sites for hydroxylation is 1. The summed E-state index contributed by atoms with van der Waals surface area (Å²) < 4.78 is 0.700. The third-order valence-corrected chi connectivity index (χ3v) is 9.11. The number of aromatic nitrogens is 2. The number of benzene rings is 1. The number of hydrogen-bond donors (Lipinski definition) is 3. The molecule has 3 N–H and O–H groups in total. The minimum Gasteiger partial charge on any atom is -0.480 e. The lowest BCUT2D eigenvalue weighted by Gasteiger charge is -2.49. The summed E-state index contributed by atoms with van der Waals surface area (Å²) in [6, 6.07) is 5.26. The van der Waals surface area contributed by atoms with E-state index >= 15 is 0 Å². The number of carbonyl (C=O) groups excluding carboxylic acids is 2. The second-order valence-electron chi connectivity index (χ2n) is 7.68. The van der Waals surface area contributed by atoms with Gasteiger partial charge in [-0.05, 0) is 23.6 Å². The molecule has 0 spiro atoms. The highest BCUT2D eigenvalue weighted by atomic mass is 35.5. The monoisotopic (exact) mass is 554 g/mol. The Morgan fingerprint density at radius 3 is 2.54 bits per heavy atom. The van der Waals surface area contributed by atoms with Crippen molar-refractivity contribution in [1.29, 1.82) is 0 Å². The van der Waals surface area contributed by atoms with E-state index in [1.165, 1.54) is 47.0 Å². The van der Waals surface area contributed by atoms with Crippen molar-refractivity contribution in [2.45, 2.75) is 34.5 Å². The molecule has 2 aliphatic heterocycles. The first kappa shape index (κ1) is 25.5. The third-order valence-electron chi connectivity index (χ3n) is 5.40. The summed E-state index contributed by atoms with van der Waals surface area (Å²) in [5.74, 6) is -4.64. The van der Waals surface area contributed by atoms with Crippen LogP contribution in [0.5, 0.6) is 0 Å². The molecule has 0 bridgehead atoms. The minimum absolute atomic E-state index is 0.107. The number of carbonyl (C=O) groups is 4. The molecule has 2 amide bonds. The fourth-order valence-corrected chi connectivity index (χ4v) is 7.20. The molecule has 14 heteroatoms. The van der Waals surface area contributed by atoms with Crippen molar-refractivity contribution in [3.63, 3.8) is 0 Å². The molecule has 0 saturated carbocycles. The molecule has 0 radical (unpaired) electrons. The van der Waals surface area contributed by atoms with Crippen molar-refractivity contribution in [1.82, 2.24) is 20.4 Å². The zero-order chi connectivity index (χ0) is 25.3. The van der Waals surface area contributed by atoms with Gasteiger partial charge in [-0.3, -0.25) is 19.3 Å². The predicted octanol–water partition coefficient (Wildman–Crippen LogP) is 2.28. The molecule has 4 rings (SSSR count). The van der Waals surface area contributed by atoms with Crippen LogP contribution in [-0.2, 0) is 25.1 Å². The number of β-lactam (4-membered cyclic amide) rings is 1. The molecule has 3 unspecified atom stereocenters. The number of rotatable bonds is 9. The van der Waals surface area contributed by atoms with Gasteiger partial charge in [0.05, 0.1) is 0 Å². The van der Waals surface area contributed by atoms with E-state index in [2.05, 4.69) is 15.5 Å². The Morgan fingerprint density at radius 1 is 1.26 bits per heavy atom. The second-order valence-corrected chi connectivity index (χ2v) is 11.5. The van der Waals surface area contributed by atoms with Crippen LogP contribution in [0.3, 0.4) is 0 Å². The first-order valence-corrected chi connectivity index (χ1v) is 13.6. The maximum absolute atomic E-state index is 12.9. The molecular weight excluding hydrogens is 536 g/mol. The average molecular weight is 555 g/mol. The normalized spacial score (nSPS) is 20.2. The van der Waals surface area contributed by atoms with Gasteiger partial charge in [-0.15, -0.1) is 33.6 Å². The number of nitrogens with one attached hydrogen (secondary N) is 1. The van der Waals surface area contributed by atoms with Gasteiger partial charge in [0.25, 0.3) is 5.91 Å². The number of amides is 2. The van der Waals surface area contributed by atoms with Gasteiger partial charge >= 0.3 is 11.9 Å². The zero-order valence-electron chi connectivity index (χ0n) is 18.1. The number of hydrogen-bond acceptors (Lipinski definition) is 9. The molecule has 1 aromatic carbocycles. The predicted molar refractivity (Wildman–Crippen MR) is 131 cm³/mol. The van der Waals surface area contributed by atoms with Crippen LogP contribution in [0.15, 0.2) is 39.9 Å². The fraction of sp³-hybridized carbons (Fsp3) is 0.333. The number of alkyl halides is 1. The lowest BCUT2D eigenvalue weighted by molar-refractivity contribution is -0.152. The van der Waals surface area contributed by atoms with Gasteiger partial charge in [-0.1, -0.05) is 47.4 Å². The highest BCUT2D eigenvalue weighted by molar-refractivity contribution is 8.01. The van der Waals surface area contributed by atoms with E-state index < -0.39 is 41.1 Å². The Balaban J connectivity index is 1.48. The van der Waals surface area contributed by atoms with Crippen molar-refractivity contribution < 1.29 is 29.4 Å². The molecule has 1 aromatic heterocycles. The standard InChI is InChI=1S/C21H19ClN4O6S3/c1-9-24-25-21(35-9)34-8-12-7-33-18-14(17(28)26(18)15(12)20(31)32)23-16(27)13(19(29)30)11-4-2-10(6-22)3-5-11/h2-5,13-14,18H,6-8H2,1H3,(H,23,27)(H,29,30)(H,31,32). The number of carboxylic acid groups (broad SMARTS) is 2. The number of fused-ring (bicyclic) bond motifs is 1. The summed E-state index contributed by atoms with van der Waals surface area (Å²) in [6.07, 6.45) is 0. The fourth-order valence-electron chi connectivity index (χ4n) is 3.72. The molecule has 10 nitrogen and oxygen atoms in total. The van der Waals surface area contributed by atoms with Crippen LogP contribution in [0, 0.1) is 6.92 Å². The highest BCUT2D eigenvalue weighted by Gasteiger charge is 2.54. The maximum Gasteiger partial charge on any atom is 0.352 e. The van der Waals surface area contributed by atoms with Gasteiger partial charge < -0.3 is 15.5 Å². The van der Waals surface area contributed by atoms with E-state index in [-0.39, 0.29) is 17.1 Å². The van der Waals surface area contributed by atoms with Crippen LogP contribution in [0.4, 0.5) is 0 Å². The van der Waals surface area contributed by atoms with E-state index in [1.807, 2.05) is 6.92 Å². The third kappa shape index (κ3) is 5.17. The highest BCUT2D eigenvalue weighted by Crippen LogP contribution is 2.42. The van der Waals surface area contributed by atoms with E-state index in [1.54, 1.807) is 12.1 Å². The van der Waals surface area contributed by atoms with Crippen LogP contribution < -0.4 is 5.32 Å². The zero-order valence-corrected chi connectivity index (χ0v) is 21.3. The lowest BCUT2D eigenvalue weighted by Crippen LogP contribution is -2.71. The molecule has 2 aromatic rings. The molecule has 184 valence electrons. The first-order valence-electron chi connectivity index (χ1n) is 10.2. The summed E-state index contributed by atoms with van der Waals surface area (Å²) in [5, 5.41) is 30.1. The van der Waals surface area contributed by atoms with Crippen molar-refractivity contribution >= 4 is 70.2 Å². The average Bonchev–Trinajstić information content (AvgIpc) is 3.25.